The highest BCUT2D eigenvalue weighted by Gasteiger charge is 2.33. The molecule has 0 bridgehead atoms. The molecule has 0 spiro atoms. The zero-order valence-electron chi connectivity index (χ0n) is 8.34. The third-order valence-corrected chi connectivity index (χ3v) is 2.58. The minimum Gasteiger partial charge on any atom is -0.497 e. The Bertz CT molecular complexity index is 347. The van der Waals surface area contributed by atoms with Gasteiger partial charge in [0.25, 0.3) is 0 Å². The molecule has 1 heterocycles. The lowest BCUT2D eigenvalue weighted by atomic mass is 9.92. The lowest BCUT2D eigenvalue weighted by Gasteiger charge is -2.28. The lowest BCUT2D eigenvalue weighted by Crippen LogP contribution is -2.25. The van der Waals surface area contributed by atoms with E-state index in [0.29, 0.717) is 30.1 Å². The first-order chi connectivity index (χ1) is 6.63. The van der Waals surface area contributed by atoms with Gasteiger partial charge in [0.2, 0.25) is 0 Å². The summed E-state index contributed by atoms with van der Waals surface area (Å²) in [6, 6.07) is 5.21. The van der Waals surface area contributed by atoms with E-state index in [1.54, 1.807) is 32.2 Å². The number of benzene rings is 1. The molecule has 1 aromatic carbocycles. The van der Waals surface area contributed by atoms with Crippen LogP contribution in [0, 0.1) is 0 Å². The highest BCUT2D eigenvalue weighted by Crippen LogP contribution is 2.41. The molecule has 14 heavy (non-hydrogen) atoms. The molecular weight excluding hydrogens is 183 g/mol. The third-order valence-electron chi connectivity index (χ3n) is 2.58. The summed E-state index contributed by atoms with van der Waals surface area (Å²) in [7, 11) is 1.58. The number of alkyl halides is 1. The Balaban J connectivity index is 2.46. The van der Waals surface area contributed by atoms with Crippen molar-refractivity contribution in [2.24, 2.45) is 0 Å². The molecule has 3 heteroatoms. The first kappa shape index (κ1) is 9.31. The Hall–Kier alpha value is -1.25. The number of hydrogen-bond acceptors (Lipinski definition) is 2. The predicted octanol–water partition coefficient (Wildman–Crippen LogP) is 2.66. The lowest BCUT2D eigenvalue weighted by molar-refractivity contribution is 0.110. The maximum atomic E-state index is 14.0. The largest absolute Gasteiger partial charge is 0.497 e. The van der Waals surface area contributed by atoms with Crippen LogP contribution in [0.4, 0.5) is 4.39 Å². The van der Waals surface area contributed by atoms with Crippen molar-refractivity contribution in [3.63, 3.8) is 0 Å². The van der Waals surface area contributed by atoms with E-state index < -0.39 is 5.67 Å². The molecule has 0 amide bonds. The van der Waals surface area contributed by atoms with Crippen molar-refractivity contribution in [1.82, 2.24) is 0 Å². The van der Waals surface area contributed by atoms with Gasteiger partial charge in [0.1, 0.15) is 17.2 Å². The van der Waals surface area contributed by atoms with Crippen molar-refractivity contribution in [2.45, 2.75) is 19.0 Å². The fourth-order valence-corrected chi connectivity index (χ4v) is 1.67. The number of hydrogen-bond donors (Lipinski definition) is 0. The van der Waals surface area contributed by atoms with Crippen LogP contribution in [0.1, 0.15) is 18.9 Å². The van der Waals surface area contributed by atoms with E-state index in [4.69, 9.17) is 9.47 Å². The molecule has 1 aliphatic rings. The maximum absolute atomic E-state index is 14.0. The van der Waals surface area contributed by atoms with Gasteiger partial charge in [-0.05, 0) is 19.1 Å². The first-order valence-corrected chi connectivity index (χ1v) is 4.64. The van der Waals surface area contributed by atoms with Gasteiger partial charge in [-0.25, -0.2) is 4.39 Å². The first-order valence-electron chi connectivity index (χ1n) is 4.64. The van der Waals surface area contributed by atoms with Gasteiger partial charge in [-0.15, -0.1) is 0 Å². The van der Waals surface area contributed by atoms with Gasteiger partial charge in [0.15, 0.2) is 0 Å². The Labute approximate surface area is 82.6 Å². The normalized spacial score (nSPS) is 25.1. The van der Waals surface area contributed by atoms with Crippen molar-refractivity contribution in [3.05, 3.63) is 23.8 Å². The van der Waals surface area contributed by atoms with Gasteiger partial charge in [0.05, 0.1) is 13.7 Å². The summed E-state index contributed by atoms with van der Waals surface area (Å²) in [4.78, 5) is 0. The molecule has 1 atom stereocenters. The van der Waals surface area contributed by atoms with E-state index in [1.165, 1.54) is 0 Å². The van der Waals surface area contributed by atoms with Crippen LogP contribution in [0.3, 0.4) is 0 Å². The second-order valence-corrected chi connectivity index (χ2v) is 3.66. The van der Waals surface area contributed by atoms with E-state index in [0.717, 1.165) is 0 Å². The van der Waals surface area contributed by atoms with Crippen LogP contribution >= 0.6 is 0 Å². The van der Waals surface area contributed by atoms with E-state index in [-0.39, 0.29) is 0 Å². The summed E-state index contributed by atoms with van der Waals surface area (Å²) in [5.74, 6) is 1.29. The average molecular weight is 196 g/mol. The van der Waals surface area contributed by atoms with Crippen LogP contribution in [0.15, 0.2) is 18.2 Å². The highest BCUT2D eigenvalue weighted by molar-refractivity contribution is 5.44. The van der Waals surface area contributed by atoms with Gasteiger partial charge in [-0.2, -0.15) is 0 Å². The molecule has 1 aliphatic heterocycles. The summed E-state index contributed by atoms with van der Waals surface area (Å²) in [5, 5.41) is 0. The summed E-state index contributed by atoms with van der Waals surface area (Å²) < 4.78 is 24.4. The van der Waals surface area contributed by atoms with Gasteiger partial charge in [0, 0.05) is 18.1 Å². The molecule has 0 saturated heterocycles. The molecule has 1 unspecified atom stereocenters. The predicted molar refractivity (Wildman–Crippen MR) is 51.6 cm³/mol. The minimum absolute atomic E-state index is 0.409. The topological polar surface area (TPSA) is 18.5 Å². The van der Waals surface area contributed by atoms with Crippen LogP contribution in [-0.2, 0) is 5.67 Å². The molecule has 0 radical (unpaired) electrons. The standard InChI is InChI=1S/C11H13FO2/c1-11(12)5-6-14-10-7-8(13-2)3-4-9(10)11/h3-4,7H,5-6H2,1-2H3. The zero-order valence-corrected chi connectivity index (χ0v) is 8.34. The second-order valence-electron chi connectivity index (χ2n) is 3.66. The Morgan fingerprint density at radius 2 is 2.29 bits per heavy atom. The highest BCUT2D eigenvalue weighted by atomic mass is 19.1. The average Bonchev–Trinajstić information content (AvgIpc) is 2.16. The van der Waals surface area contributed by atoms with Crippen LogP contribution in [0.5, 0.6) is 11.5 Å². The Morgan fingerprint density at radius 1 is 1.50 bits per heavy atom. The number of fused-ring (bicyclic) bond motifs is 1. The smallest absolute Gasteiger partial charge is 0.140 e. The van der Waals surface area contributed by atoms with Crippen molar-refractivity contribution >= 4 is 0 Å². The number of ether oxygens (including phenoxy) is 2. The monoisotopic (exact) mass is 196 g/mol. The molecule has 0 fully saturated rings. The molecular formula is C11H13FO2. The SMILES string of the molecule is COc1ccc2c(c1)OCCC2(C)F. The molecule has 0 aromatic heterocycles. The molecule has 0 N–H and O–H groups in total. The quantitative estimate of drug-likeness (QED) is 0.687. The van der Waals surface area contributed by atoms with Crippen molar-refractivity contribution in [3.8, 4) is 11.5 Å². The molecule has 76 valence electrons. The Kier molecular flexibility index (Phi) is 2.10. The minimum atomic E-state index is -1.28. The van der Waals surface area contributed by atoms with E-state index in [1.807, 2.05) is 0 Å². The Morgan fingerprint density at radius 3 is 3.00 bits per heavy atom. The van der Waals surface area contributed by atoms with Gasteiger partial charge < -0.3 is 9.47 Å². The van der Waals surface area contributed by atoms with E-state index in [2.05, 4.69) is 0 Å². The molecule has 0 aliphatic carbocycles. The third kappa shape index (κ3) is 1.43. The summed E-state index contributed by atoms with van der Waals surface area (Å²) in [6.45, 7) is 2.01. The summed E-state index contributed by atoms with van der Waals surface area (Å²) in [6.07, 6.45) is 0.409. The number of methoxy groups -OCH3 is 1. The van der Waals surface area contributed by atoms with Crippen molar-refractivity contribution in [1.29, 1.82) is 0 Å². The van der Waals surface area contributed by atoms with Gasteiger partial charge >= 0.3 is 0 Å². The molecule has 0 saturated carbocycles. The van der Waals surface area contributed by atoms with Gasteiger partial charge in [-0.3, -0.25) is 0 Å². The zero-order chi connectivity index (χ0) is 10.2. The maximum Gasteiger partial charge on any atom is 0.140 e. The van der Waals surface area contributed by atoms with Gasteiger partial charge in [-0.1, -0.05) is 0 Å². The van der Waals surface area contributed by atoms with E-state index >= 15 is 0 Å². The van der Waals surface area contributed by atoms with E-state index in [9.17, 15) is 4.39 Å². The summed E-state index contributed by atoms with van der Waals surface area (Å²) in [5.41, 5.74) is -0.663. The molecule has 1 aromatic rings. The fourth-order valence-electron chi connectivity index (χ4n) is 1.67. The molecule has 2 nitrogen and oxygen atoms in total. The second kappa shape index (κ2) is 3.15. The molecule has 2 rings (SSSR count). The number of halogens is 1. The van der Waals surface area contributed by atoms with Crippen molar-refractivity contribution in [2.75, 3.05) is 13.7 Å². The van der Waals surface area contributed by atoms with Crippen LogP contribution in [0.2, 0.25) is 0 Å². The number of rotatable bonds is 1. The van der Waals surface area contributed by atoms with Crippen LogP contribution < -0.4 is 9.47 Å². The summed E-state index contributed by atoms with van der Waals surface area (Å²) >= 11 is 0. The van der Waals surface area contributed by atoms with Crippen molar-refractivity contribution < 1.29 is 13.9 Å². The van der Waals surface area contributed by atoms with Crippen LogP contribution in [-0.4, -0.2) is 13.7 Å². The fraction of sp³-hybridized carbons (Fsp3) is 0.455. The van der Waals surface area contributed by atoms with Crippen LogP contribution in [0.25, 0.3) is 0 Å².